The molecule has 1 aromatic carbocycles. The summed E-state index contributed by atoms with van der Waals surface area (Å²) in [6.45, 7) is 6.68. The molecule has 160 valence electrons. The predicted molar refractivity (Wildman–Crippen MR) is 126 cm³/mol. The highest BCUT2D eigenvalue weighted by atomic mass is 35.5. The number of nitrogens with one attached hydrogen (secondary N) is 1. The van der Waals surface area contributed by atoms with Crippen LogP contribution < -0.4 is 15.7 Å². The van der Waals surface area contributed by atoms with Crippen molar-refractivity contribution in [3.05, 3.63) is 79.0 Å². The molecule has 4 rings (SSSR count). The standard InChI is InChI=1S/C23H22ClN3O3S/c1-13(2)11-30-19-9-25-17(8-18(19)28)10-27-12-26-22-21(23(27)29)20(14(3)31-22)15-4-6-16(24)7-5-15/h4-9,12-13H,10-11H2,1-3H3,(H,25,28). The largest absolute Gasteiger partial charge is 0.488 e. The number of hydrogen-bond acceptors (Lipinski definition) is 5. The molecule has 0 amide bonds. The lowest BCUT2D eigenvalue weighted by Gasteiger charge is -2.10. The molecule has 0 aliphatic heterocycles. The highest BCUT2D eigenvalue weighted by Gasteiger charge is 2.17. The van der Waals surface area contributed by atoms with Gasteiger partial charge in [-0.15, -0.1) is 11.3 Å². The molecule has 0 fully saturated rings. The van der Waals surface area contributed by atoms with Gasteiger partial charge in [-0.25, -0.2) is 4.98 Å². The fourth-order valence-electron chi connectivity index (χ4n) is 3.36. The first-order valence-electron chi connectivity index (χ1n) is 9.92. The number of benzene rings is 1. The Balaban J connectivity index is 1.71. The molecule has 0 unspecified atom stereocenters. The van der Waals surface area contributed by atoms with Crippen LogP contribution in [0, 0.1) is 12.8 Å². The highest BCUT2D eigenvalue weighted by molar-refractivity contribution is 7.19. The number of aromatic nitrogens is 3. The van der Waals surface area contributed by atoms with E-state index in [0.717, 1.165) is 16.0 Å². The molecule has 0 bridgehead atoms. The Hall–Kier alpha value is -2.90. The summed E-state index contributed by atoms with van der Waals surface area (Å²) in [7, 11) is 0. The summed E-state index contributed by atoms with van der Waals surface area (Å²) >= 11 is 7.51. The third-order valence-electron chi connectivity index (χ3n) is 4.84. The van der Waals surface area contributed by atoms with E-state index < -0.39 is 0 Å². The third kappa shape index (κ3) is 4.43. The number of thiophene rings is 1. The number of rotatable bonds is 6. The predicted octanol–water partition coefficient (Wildman–Crippen LogP) is 4.86. The van der Waals surface area contributed by atoms with Crippen LogP contribution in [-0.4, -0.2) is 21.1 Å². The van der Waals surface area contributed by atoms with Crippen molar-refractivity contribution < 1.29 is 4.74 Å². The van der Waals surface area contributed by atoms with Crippen LogP contribution in [0.15, 0.2) is 52.4 Å². The maximum absolute atomic E-state index is 13.3. The molecule has 0 saturated carbocycles. The summed E-state index contributed by atoms with van der Waals surface area (Å²) in [6.07, 6.45) is 3.07. The van der Waals surface area contributed by atoms with E-state index in [2.05, 4.69) is 9.97 Å². The van der Waals surface area contributed by atoms with E-state index in [1.54, 1.807) is 6.20 Å². The molecule has 3 heterocycles. The first-order chi connectivity index (χ1) is 14.8. The second-order valence-corrected chi connectivity index (χ2v) is 9.43. The van der Waals surface area contributed by atoms with Gasteiger partial charge in [-0.2, -0.15) is 0 Å². The number of ether oxygens (including phenoxy) is 1. The second kappa shape index (κ2) is 8.69. The van der Waals surface area contributed by atoms with Crippen molar-refractivity contribution in [2.45, 2.75) is 27.3 Å². The molecule has 0 aliphatic rings. The van der Waals surface area contributed by atoms with Gasteiger partial charge in [0.2, 0.25) is 5.43 Å². The molecular weight excluding hydrogens is 434 g/mol. The maximum atomic E-state index is 13.3. The lowest BCUT2D eigenvalue weighted by Crippen LogP contribution is -2.22. The molecule has 3 aromatic heterocycles. The number of H-pyrrole nitrogens is 1. The minimum absolute atomic E-state index is 0.153. The maximum Gasteiger partial charge on any atom is 0.263 e. The van der Waals surface area contributed by atoms with Gasteiger partial charge in [-0.05, 0) is 30.5 Å². The van der Waals surface area contributed by atoms with E-state index >= 15 is 0 Å². The van der Waals surface area contributed by atoms with E-state index in [1.807, 2.05) is 45.0 Å². The Morgan fingerprint density at radius 1 is 1.23 bits per heavy atom. The van der Waals surface area contributed by atoms with Crippen molar-refractivity contribution in [2.24, 2.45) is 5.92 Å². The van der Waals surface area contributed by atoms with Crippen molar-refractivity contribution in [1.82, 2.24) is 14.5 Å². The van der Waals surface area contributed by atoms with Crippen molar-refractivity contribution in [3.63, 3.8) is 0 Å². The topological polar surface area (TPSA) is 77.0 Å². The van der Waals surface area contributed by atoms with Gasteiger partial charge in [0.25, 0.3) is 5.56 Å². The van der Waals surface area contributed by atoms with E-state index in [-0.39, 0.29) is 23.3 Å². The number of aromatic amines is 1. The Bertz CT molecular complexity index is 1350. The summed E-state index contributed by atoms with van der Waals surface area (Å²) in [6, 6.07) is 8.89. The number of hydrogen-bond donors (Lipinski definition) is 1. The van der Waals surface area contributed by atoms with Crippen LogP contribution >= 0.6 is 22.9 Å². The Morgan fingerprint density at radius 3 is 2.65 bits per heavy atom. The average molecular weight is 456 g/mol. The summed E-state index contributed by atoms with van der Waals surface area (Å²) in [5, 5.41) is 1.22. The smallest absolute Gasteiger partial charge is 0.263 e. The zero-order chi connectivity index (χ0) is 22.1. The SMILES string of the molecule is Cc1sc2ncn(Cc3cc(=O)c(OCC(C)C)c[nH]3)c(=O)c2c1-c1ccc(Cl)cc1. The molecule has 31 heavy (non-hydrogen) atoms. The molecule has 0 atom stereocenters. The molecule has 4 aromatic rings. The molecular formula is C23H22ClN3O3S. The Kier molecular flexibility index (Phi) is 5.98. The van der Waals surface area contributed by atoms with Crippen molar-refractivity contribution in [2.75, 3.05) is 6.61 Å². The van der Waals surface area contributed by atoms with Crippen LogP contribution in [0.1, 0.15) is 24.4 Å². The lowest BCUT2D eigenvalue weighted by atomic mass is 10.0. The molecule has 8 heteroatoms. The third-order valence-corrected chi connectivity index (χ3v) is 6.10. The fourth-order valence-corrected chi connectivity index (χ4v) is 4.49. The van der Waals surface area contributed by atoms with Crippen LogP contribution in [0.2, 0.25) is 5.02 Å². The van der Waals surface area contributed by atoms with Crippen LogP contribution in [-0.2, 0) is 6.54 Å². The summed E-state index contributed by atoms with van der Waals surface area (Å²) in [5.41, 5.74) is 2.02. The number of fused-ring (bicyclic) bond motifs is 1. The molecule has 0 radical (unpaired) electrons. The van der Waals surface area contributed by atoms with Gasteiger partial charge in [0.1, 0.15) is 4.83 Å². The number of halogens is 1. The first kappa shape index (κ1) is 21.3. The molecule has 0 spiro atoms. The number of nitrogens with zero attached hydrogens (tertiary/aromatic N) is 2. The van der Waals surface area contributed by atoms with Gasteiger partial charge >= 0.3 is 0 Å². The summed E-state index contributed by atoms with van der Waals surface area (Å²) < 4.78 is 7.04. The van der Waals surface area contributed by atoms with Crippen molar-refractivity contribution in [1.29, 1.82) is 0 Å². The summed E-state index contributed by atoms with van der Waals surface area (Å²) in [5.74, 6) is 0.594. The Labute approximate surface area is 188 Å². The van der Waals surface area contributed by atoms with Crippen LogP contribution in [0.4, 0.5) is 0 Å². The zero-order valence-corrected chi connectivity index (χ0v) is 19.0. The Morgan fingerprint density at radius 2 is 1.97 bits per heavy atom. The number of pyridine rings is 1. The molecule has 0 saturated heterocycles. The van der Waals surface area contributed by atoms with Gasteiger partial charge in [0.05, 0.1) is 24.9 Å². The molecule has 6 nitrogen and oxygen atoms in total. The lowest BCUT2D eigenvalue weighted by molar-refractivity contribution is 0.267. The van der Waals surface area contributed by atoms with Crippen molar-refractivity contribution >= 4 is 33.2 Å². The van der Waals surface area contributed by atoms with Gasteiger partial charge in [-0.3, -0.25) is 14.2 Å². The molecule has 0 aliphatic carbocycles. The van der Waals surface area contributed by atoms with Crippen molar-refractivity contribution in [3.8, 4) is 16.9 Å². The fraction of sp³-hybridized carbons (Fsp3) is 0.261. The van der Waals surface area contributed by atoms with Gasteiger partial charge in [0, 0.05) is 33.4 Å². The quantitative estimate of drug-likeness (QED) is 0.450. The monoisotopic (exact) mass is 455 g/mol. The van der Waals surface area contributed by atoms with E-state index in [4.69, 9.17) is 16.3 Å². The van der Waals surface area contributed by atoms with Gasteiger partial charge in [-0.1, -0.05) is 37.6 Å². The minimum atomic E-state index is -0.218. The van der Waals surface area contributed by atoms with Gasteiger partial charge < -0.3 is 9.72 Å². The van der Waals surface area contributed by atoms with Crippen LogP contribution in [0.3, 0.4) is 0 Å². The summed E-state index contributed by atoms with van der Waals surface area (Å²) in [4.78, 5) is 34.9. The van der Waals surface area contributed by atoms with E-state index in [9.17, 15) is 9.59 Å². The molecule has 1 N–H and O–H groups in total. The minimum Gasteiger partial charge on any atom is -0.488 e. The van der Waals surface area contributed by atoms with E-state index in [1.165, 1.54) is 28.3 Å². The first-order valence-corrected chi connectivity index (χ1v) is 11.1. The van der Waals surface area contributed by atoms with Crippen LogP contribution in [0.25, 0.3) is 21.3 Å². The van der Waals surface area contributed by atoms with E-state index in [0.29, 0.717) is 33.5 Å². The zero-order valence-electron chi connectivity index (χ0n) is 17.4. The van der Waals surface area contributed by atoms with Gasteiger partial charge in [0.15, 0.2) is 5.75 Å². The normalized spacial score (nSPS) is 11.4. The highest BCUT2D eigenvalue weighted by Crippen LogP contribution is 2.35. The average Bonchev–Trinajstić information content (AvgIpc) is 3.07. The number of aryl methyl sites for hydroxylation is 1. The second-order valence-electron chi connectivity index (χ2n) is 7.79. The van der Waals surface area contributed by atoms with Crippen LogP contribution in [0.5, 0.6) is 5.75 Å².